The zero-order valence-corrected chi connectivity index (χ0v) is 21.9. The Labute approximate surface area is 220 Å². The van der Waals surface area contributed by atoms with E-state index in [1.807, 2.05) is 97.1 Å². The number of nitrogens with zero attached hydrogens (tertiary/aromatic N) is 2. The van der Waals surface area contributed by atoms with E-state index in [0.717, 1.165) is 53.5 Å². The Balaban J connectivity index is 1.77. The molecule has 0 fully saturated rings. The number of rotatable bonds is 12. The molecule has 5 nitrogen and oxygen atoms in total. The number of ether oxygens (including phenoxy) is 2. The van der Waals surface area contributed by atoms with Gasteiger partial charge in [0, 0.05) is 12.7 Å². The van der Waals surface area contributed by atoms with Gasteiger partial charge in [0.05, 0.1) is 18.7 Å². The van der Waals surface area contributed by atoms with Crippen LogP contribution in [0.3, 0.4) is 0 Å². The Bertz CT molecular complexity index is 1170. The summed E-state index contributed by atoms with van der Waals surface area (Å²) in [5.74, 6) is 1.07. The van der Waals surface area contributed by atoms with Gasteiger partial charge in [-0.05, 0) is 66.2 Å². The number of aromatic nitrogens is 1. The average molecular weight is 497 g/mol. The first kappa shape index (κ1) is 26.4. The summed E-state index contributed by atoms with van der Waals surface area (Å²) in [5, 5.41) is 12.8. The van der Waals surface area contributed by atoms with Gasteiger partial charge < -0.3 is 19.5 Å². The fourth-order valence-corrected chi connectivity index (χ4v) is 4.80. The van der Waals surface area contributed by atoms with Crippen LogP contribution in [0.15, 0.2) is 103 Å². The van der Waals surface area contributed by atoms with E-state index in [1.165, 1.54) is 0 Å². The highest BCUT2D eigenvalue weighted by molar-refractivity contribution is 5.48. The maximum atomic E-state index is 12.8. The molecule has 4 aromatic rings. The smallest absolute Gasteiger partial charge is 0.127 e. The number of hydrogen-bond donors (Lipinski definition) is 1. The molecular weight excluding hydrogens is 460 g/mol. The topological polar surface area (TPSA) is 54.8 Å². The van der Waals surface area contributed by atoms with Gasteiger partial charge in [0.1, 0.15) is 23.7 Å². The quantitative estimate of drug-likeness (QED) is 0.266. The minimum Gasteiger partial charge on any atom is -0.497 e. The zero-order valence-electron chi connectivity index (χ0n) is 21.9. The first-order valence-electron chi connectivity index (χ1n) is 12.9. The van der Waals surface area contributed by atoms with E-state index in [9.17, 15) is 5.11 Å². The van der Waals surface area contributed by atoms with Gasteiger partial charge in [-0.2, -0.15) is 0 Å². The van der Waals surface area contributed by atoms with E-state index in [4.69, 9.17) is 9.47 Å². The second-order valence-electron chi connectivity index (χ2n) is 8.99. The van der Waals surface area contributed by atoms with Crippen LogP contribution >= 0.6 is 0 Å². The summed E-state index contributed by atoms with van der Waals surface area (Å²) in [6, 6.07) is 31.3. The lowest BCUT2D eigenvalue weighted by molar-refractivity contribution is 0.0611. The van der Waals surface area contributed by atoms with Crippen molar-refractivity contribution in [2.45, 2.75) is 25.4 Å². The van der Waals surface area contributed by atoms with Gasteiger partial charge >= 0.3 is 0 Å². The molecule has 37 heavy (non-hydrogen) atoms. The third-order valence-electron chi connectivity index (χ3n) is 6.93. The van der Waals surface area contributed by atoms with Gasteiger partial charge in [-0.25, -0.2) is 0 Å². The molecule has 0 unspecified atom stereocenters. The van der Waals surface area contributed by atoms with E-state index in [-0.39, 0.29) is 0 Å². The first-order valence-corrected chi connectivity index (χ1v) is 12.9. The molecule has 0 saturated heterocycles. The Morgan fingerprint density at radius 3 is 1.92 bits per heavy atom. The van der Waals surface area contributed by atoms with Crippen molar-refractivity contribution in [3.8, 4) is 11.5 Å². The highest BCUT2D eigenvalue weighted by Gasteiger charge is 2.43. The van der Waals surface area contributed by atoms with Crippen LogP contribution in [0.4, 0.5) is 0 Å². The number of methoxy groups -OCH3 is 1. The van der Waals surface area contributed by atoms with Crippen LogP contribution in [0.5, 0.6) is 11.5 Å². The summed E-state index contributed by atoms with van der Waals surface area (Å²) >= 11 is 0. The van der Waals surface area contributed by atoms with Crippen LogP contribution < -0.4 is 9.47 Å². The maximum absolute atomic E-state index is 12.8. The van der Waals surface area contributed by atoms with Crippen molar-refractivity contribution in [2.75, 3.05) is 33.4 Å². The Kier molecular flexibility index (Phi) is 8.94. The molecule has 0 aliphatic heterocycles. The highest BCUT2D eigenvalue weighted by atomic mass is 16.5. The molecule has 3 aromatic carbocycles. The molecule has 0 bridgehead atoms. The van der Waals surface area contributed by atoms with Crippen molar-refractivity contribution < 1.29 is 14.6 Å². The number of hydrogen-bond acceptors (Lipinski definition) is 5. The van der Waals surface area contributed by atoms with Crippen molar-refractivity contribution in [3.05, 3.63) is 126 Å². The Morgan fingerprint density at radius 1 is 0.784 bits per heavy atom. The zero-order chi connectivity index (χ0) is 26.1. The van der Waals surface area contributed by atoms with Crippen LogP contribution in [-0.4, -0.2) is 48.3 Å². The molecule has 192 valence electrons. The molecular formula is C32H36N2O3. The average Bonchev–Trinajstić information content (AvgIpc) is 2.97. The minimum absolute atomic E-state index is 0.447. The van der Waals surface area contributed by atoms with E-state index in [0.29, 0.717) is 6.61 Å². The van der Waals surface area contributed by atoms with Crippen LogP contribution in [0.2, 0.25) is 0 Å². The third kappa shape index (κ3) is 6.01. The highest BCUT2D eigenvalue weighted by Crippen LogP contribution is 2.46. The van der Waals surface area contributed by atoms with Gasteiger partial charge in [-0.1, -0.05) is 74.5 Å². The van der Waals surface area contributed by atoms with Gasteiger partial charge in [0.2, 0.25) is 0 Å². The Hall–Kier alpha value is -3.67. The van der Waals surface area contributed by atoms with Crippen molar-refractivity contribution >= 4 is 0 Å². The minimum atomic E-state index is -1.40. The van der Waals surface area contributed by atoms with Crippen molar-refractivity contribution in [1.82, 2.24) is 9.88 Å². The lowest BCUT2D eigenvalue weighted by Crippen LogP contribution is -2.36. The van der Waals surface area contributed by atoms with E-state index >= 15 is 0 Å². The summed E-state index contributed by atoms with van der Waals surface area (Å²) in [6.45, 7) is 7.81. The third-order valence-corrected chi connectivity index (χ3v) is 6.93. The van der Waals surface area contributed by atoms with Gasteiger partial charge in [0.15, 0.2) is 0 Å². The number of pyridine rings is 1. The summed E-state index contributed by atoms with van der Waals surface area (Å²) < 4.78 is 11.4. The molecule has 4 rings (SSSR count). The molecule has 0 aliphatic carbocycles. The molecule has 0 amide bonds. The molecule has 1 aromatic heterocycles. The van der Waals surface area contributed by atoms with Gasteiger partial charge in [0.25, 0.3) is 0 Å². The normalized spacial score (nSPS) is 13.6. The maximum Gasteiger partial charge on any atom is 0.127 e. The lowest BCUT2D eigenvalue weighted by atomic mass is 9.71. The predicted octanol–water partition coefficient (Wildman–Crippen LogP) is 5.88. The van der Waals surface area contributed by atoms with E-state index in [2.05, 4.69) is 23.7 Å². The molecule has 0 radical (unpaired) electrons. The number of benzene rings is 3. The van der Waals surface area contributed by atoms with Crippen LogP contribution in [0.1, 0.15) is 42.1 Å². The van der Waals surface area contributed by atoms with Crippen LogP contribution in [-0.2, 0) is 5.60 Å². The second kappa shape index (κ2) is 12.5. The molecule has 5 heteroatoms. The molecule has 0 aliphatic rings. The lowest BCUT2D eigenvalue weighted by Gasteiger charge is -2.37. The number of aliphatic hydroxyl groups is 1. The standard InChI is InChI=1S/C32H36N2O3/c1-4-34(5-2)23-24-37-29-20-16-27(17-21-29)32(35,26-14-18-28(36-3)19-15-26)31(25-11-7-6-8-12-25)30-13-9-10-22-33-30/h6-22,31,35H,4-5,23-24H2,1-3H3/t31-,32-/m1/s1. The Morgan fingerprint density at radius 2 is 1.38 bits per heavy atom. The molecule has 2 atom stereocenters. The van der Waals surface area contributed by atoms with Crippen molar-refractivity contribution in [2.24, 2.45) is 0 Å². The summed E-state index contributed by atoms with van der Waals surface area (Å²) in [4.78, 5) is 7.01. The van der Waals surface area contributed by atoms with Gasteiger partial charge in [-0.15, -0.1) is 0 Å². The van der Waals surface area contributed by atoms with Crippen LogP contribution in [0, 0.1) is 0 Å². The van der Waals surface area contributed by atoms with E-state index < -0.39 is 11.5 Å². The number of likely N-dealkylation sites (N-methyl/N-ethyl adjacent to an activating group) is 1. The molecule has 1 heterocycles. The fraction of sp³-hybridized carbons (Fsp3) is 0.281. The van der Waals surface area contributed by atoms with Crippen molar-refractivity contribution in [3.63, 3.8) is 0 Å². The van der Waals surface area contributed by atoms with E-state index in [1.54, 1.807) is 13.3 Å². The SMILES string of the molecule is CCN(CC)CCOc1ccc([C@](O)(c2ccc(OC)cc2)[C@H](c2ccccc2)c2ccccn2)cc1. The molecule has 0 spiro atoms. The summed E-state index contributed by atoms with van der Waals surface area (Å²) in [7, 11) is 1.64. The second-order valence-corrected chi connectivity index (χ2v) is 8.99. The monoisotopic (exact) mass is 496 g/mol. The van der Waals surface area contributed by atoms with Crippen molar-refractivity contribution in [1.29, 1.82) is 0 Å². The summed E-state index contributed by atoms with van der Waals surface area (Å²) in [5.41, 5.74) is 1.86. The predicted molar refractivity (Wildman–Crippen MR) is 148 cm³/mol. The van der Waals surface area contributed by atoms with Crippen LogP contribution in [0.25, 0.3) is 0 Å². The largest absolute Gasteiger partial charge is 0.497 e. The first-order chi connectivity index (χ1) is 18.1. The summed E-state index contributed by atoms with van der Waals surface area (Å²) in [6.07, 6.45) is 1.77. The van der Waals surface area contributed by atoms with Gasteiger partial charge in [-0.3, -0.25) is 4.98 Å². The molecule has 1 N–H and O–H groups in total. The molecule has 0 saturated carbocycles. The fourth-order valence-electron chi connectivity index (χ4n) is 4.80.